The Bertz CT molecular complexity index is 914. The molecule has 3 rings (SSSR count). The van der Waals surface area contributed by atoms with Gasteiger partial charge >= 0.3 is 0 Å². The molecule has 0 aliphatic carbocycles. The molecule has 0 bridgehead atoms. The summed E-state index contributed by atoms with van der Waals surface area (Å²) in [5.74, 6) is 1.24. The van der Waals surface area contributed by atoms with Gasteiger partial charge in [-0.3, -0.25) is 4.98 Å². The number of azide groups is 1. The van der Waals surface area contributed by atoms with Crippen LogP contribution >= 0.6 is 11.8 Å². The van der Waals surface area contributed by atoms with Crippen LogP contribution < -0.4 is 0 Å². The van der Waals surface area contributed by atoms with Crippen LogP contribution in [0.1, 0.15) is 36.8 Å². The summed E-state index contributed by atoms with van der Waals surface area (Å²) in [6, 6.07) is 14.4. The molecule has 1 aromatic carbocycles. The number of aromatic nitrogens is 3. The molecule has 2 heterocycles. The lowest BCUT2D eigenvalue weighted by molar-refractivity contribution is 0.663. The van der Waals surface area contributed by atoms with Crippen molar-refractivity contribution in [2.45, 2.75) is 42.7 Å². The number of nitrogens with zero attached hydrogens (tertiary/aromatic N) is 6. The molecule has 0 saturated heterocycles. The van der Waals surface area contributed by atoms with Gasteiger partial charge in [-0.05, 0) is 41.3 Å². The number of rotatable bonds is 8. The normalized spacial score (nSPS) is 10.8. The third kappa shape index (κ3) is 4.90. The average molecular weight is 379 g/mol. The molecule has 27 heavy (non-hydrogen) atoms. The zero-order valence-corrected chi connectivity index (χ0v) is 16.3. The first-order chi connectivity index (χ1) is 13.2. The van der Waals surface area contributed by atoms with Crippen LogP contribution in [0.2, 0.25) is 0 Å². The molecule has 6 nitrogen and oxygen atoms in total. The van der Waals surface area contributed by atoms with Crippen LogP contribution in [0.15, 0.2) is 69.9 Å². The molecule has 0 amide bonds. The third-order valence-corrected chi connectivity index (χ3v) is 5.25. The van der Waals surface area contributed by atoms with Gasteiger partial charge in [0.25, 0.3) is 0 Å². The Morgan fingerprint density at radius 2 is 1.89 bits per heavy atom. The predicted octanol–water partition coefficient (Wildman–Crippen LogP) is 5.45. The second-order valence-electron chi connectivity index (χ2n) is 6.43. The molecule has 0 aliphatic heterocycles. The Hall–Kier alpha value is -2.76. The van der Waals surface area contributed by atoms with E-state index in [1.165, 1.54) is 4.90 Å². The molecule has 0 radical (unpaired) electrons. The summed E-state index contributed by atoms with van der Waals surface area (Å²) < 4.78 is 2.25. The van der Waals surface area contributed by atoms with Gasteiger partial charge < -0.3 is 4.57 Å². The molecule has 0 atom stereocenters. The van der Waals surface area contributed by atoms with E-state index in [1.807, 2.05) is 30.3 Å². The van der Waals surface area contributed by atoms with Crippen molar-refractivity contribution >= 4 is 11.8 Å². The number of hydrogen-bond acceptors (Lipinski definition) is 4. The van der Waals surface area contributed by atoms with Crippen molar-refractivity contribution in [2.75, 3.05) is 6.54 Å². The van der Waals surface area contributed by atoms with E-state index in [1.54, 1.807) is 24.2 Å². The van der Waals surface area contributed by atoms with Gasteiger partial charge in [-0.2, -0.15) is 0 Å². The first-order valence-electron chi connectivity index (χ1n) is 8.91. The summed E-state index contributed by atoms with van der Waals surface area (Å²) in [7, 11) is 0. The fourth-order valence-corrected chi connectivity index (χ4v) is 3.99. The lowest BCUT2D eigenvalue weighted by Gasteiger charge is -2.13. The van der Waals surface area contributed by atoms with Crippen molar-refractivity contribution in [3.05, 3.63) is 82.4 Å². The van der Waals surface area contributed by atoms with Crippen LogP contribution in [-0.4, -0.2) is 21.1 Å². The van der Waals surface area contributed by atoms with Gasteiger partial charge in [0.15, 0.2) is 0 Å². The van der Waals surface area contributed by atoms with Crippen LogP contribution in [0.5, 0.6) is 0 Å². The van der Waals surface area contributed by atoms with Gasteiger partial charge in [-0.25, -0.2) is 4.98 Å². The minimum absolute atomic E-state index is 0.299. The van der Waals surface area contributed by atoms with E-state index in [-0.39, 0.29) is 0 Å². The summed E-state index contributed by atoms with van der Waals surface area (Å²) in [6.07, 6.45) is 4.22. The zero-order valence-electron chi connectivity index (χ0n) is 15.5. The molecule has 0 saturated carbocycles. The minimum atomic E-state index is 0.299. The Morgan fingerprint density at radius 1 is 1.15 bits per heavy atom. The second-order valence-corrected chi connectivity index (χ2v) is 7.50. The molecule has 7 heteroatoms. The third-order valence-electron chi connectivity index (χ3n) is 4.12. The predicted molar refractivity (Wildman–Crippen MR) is 108 cm³/mol. The summed E-state index contributed by atoms with van der Waals surface area (Å²) in [4.78, 5) is 13.1. The first kappa shape index (κ1) is 19.0. The molecule has 2 aromatic heterocycles. The fraction of sp³-hybridized carbons (Fsp3) is 0.300. The maximum absolute atomic E-state index is 8.61. The van der Waals surface area contributed by atoms with Gasteiger partial charge in [0.05, 0.1) is 5.69 Å². The smallest absolute Gasteiger partial charge is 0.110 e. The monoisotopic (exact) mass is 378 g/mol. The number of benzene rings is 1. The molecular weight excluding hydrogens is 356 g/mol. The van der Waals surface area contributed by atoms with Crippen LogP contribution in [-0.2, 0) is 13.0 Å². The van der Waals surface area contributed by atoms with Crippen molar-refractivity contribution < 1.29 is 0 Å². The standard InChI is InChI=1S/C20H22N6S/c1-15(2)19-20(27-17-6-4-3-5-7-17)26(14-16-8-11-22-12-9-16)18(24-19)10-13-23-25-21/h3-9,11-12,15H,10,13-14H2,1-2H3. The molecule has 0 spiro atoms. The van der Waals surface area contributed by atoms with Gasteiger partial charge in [0.2, 0.25) is 0 Å². The maximum Gasteiger partial charge on any atom is 0.110 e. The summed E-state index contributed by atoms with van der Waals surface area (Å²) in [5, 5.41) is 4.84. The second kappa shape index (κ2) is 9.26. The molecule has 0 aliphatic rings. The Balaban J connectivity index is 2.04. The Labute approximate surface area is 163 Å². The van der Waals surface area contributed by atoms with E-state index >= 15 is 0 Å². The van der Waals surface area contributed by atoms with Crippen molar-refractivity contribution in [3.8, 4) is 0 Å². The lowest BCUT2D eigenvalue weighted by atomic mass is 10.1. The average Bonchev–Trinajstić information content (AvgIpc) is 3.01. The largest absolute Gasteiger partial charge is 0.318 e. The molecule has 0 unspecified atom stereocenters. The van der Waals surface area contributed by atoms with Crippen molar-refractivity contribution in [2.24, 2.45) is 5.11 Å². The van der Waals surface area contributed by atoms with E-state index in [0.717, 1.165) is 22.1 Å². The topological polar surface area (TPSA) is 79.5 Å². The number of pyridine rings is 1. The van der Waals surface area contributed by atoms with E-state index in [9.17, 15) is 0 Å². The van der Waals surface area contributed by atoms with Crippen LogP contribution in [0.25, 0.3) is 10.4 Å². The van der Waals surface area contributed by atoms with Crippen LogP contribution in [0.4, 0.5) is 0 Å². The SMILES string of the molecule is CC(C)c1nc(CCN=[N+]=[N-])n(Cc2ccncc2)c1Sc1ccccc1. The van der Waals surface area contributed by atoms with E-state index in [2.05, 4.69) is 45.6 Å². The minimum Gasteiger partial charge on any atom is -0.318 e. The highest BCUT2D eigenvalue weighted by molar-refractivity contribution is 7.99. The first-order valence-corrected chi connectivity index (χ1v) is 9.72. The number of imidazole rings is 1. The van der Waals surface area contributed by atoms with Crippen molar-refractivity contribution in [1.29, 1.82) is 0 Å². The zero-order chi connectivity index (χ0) is 19.1. The molecular formula is C20H22N6S. The fourth-order valence-electron chi connectivity index (χ4n) is 2.81. The summed E-state index contributed by atoms with van der Waals surface area (Å²) >= 11 is 1.73. The van der Waals surface area contributed by atoms with Gasteiger partial charge in [0.1, 0.15) is 10.9 Å². The maximum atomic E-state index is 8.61. The van der Waals surface area contributed by atoms with Crippen molar-refractivity contribution in [1.82, 2.24) is 14.5 Å². The Kier molecular flexibility index (Phi) is 6.52. The van der Waals surface area contributed by atoms with Crippen LogP contribution in [0, 0.1) is 0 Å². The highest BCUT2D eigenvalue weighted by Crippen LogP contribution is 2.35. The number of hydrogen-bond donors (Lipinski definition) is 0. The van der Waals surface area contributed by atoms with Crippen molar-refractivity contribution in [3.63, 3.8) is 0 Å². The highest BCUT2D eigenvalue weighted by atomic mass is 32.2. The molecule has 138 valence electrons. The lowest BCUT2D eigenvalue weighted by Crippen LogP contribution is -2.08. The highest BCUT2D eigenvalue weighted by Gasteiger charge is 2.20. The summed E-state index contributed by atoms with van der Waals surface area (Å²) in [5.41, 5.74) is 10.9. The van der Waals surface area contributed by atoms with Crippen LogP contribution in [0.3, 0.4) is 0 Å². The molecule has 3 aromatic rings. The molecule has 0 fully saturated rings. The molecule has 0 N–H and O–H groups in total. The van der Waals surface area contributed by atoms with Gasteiger partial charge in [-0.15, -0.1) is 0 Å². The van der Waals surface area contributed by atoms with E-state index in [0.29, 0.717) is 25.4 Å². The van der Waals surface area contributed by atoms with Gasteiger partial charge in [-0.1, -0.05) is 48.9 Å². The summed E-state index contributed by atoms with van der Waals surface area (Å²) in [6.45, 7) is 5.43. The van der Waals surface area contributed by atoms with Gasteiger partial charge in [0, 0.05) is 41.7 Å². The quantitative estimate of drug-likeness (QED) is 0.297. The van der Waals surface area contributed by atoms with E-state index in [4.69, 9.17) is 10.5 Å². The van der Waals surface area contributed by atoms with E-state index < -0.39 is 0 Å². The Morgan fingerprint density at radius 3 is 2.56 bits per heavy atom.